The van der Waals surface area contributed by atoms with Crippen LogP contribution < -0.4 is 14.8 Å². The smallest absolute Gasteiger partial charge is 0.255 e. The van der Waals surface area contributed by atoms with Crippen molar-refractivity contribution in [3.05, 3.63) is 60.3 Å². The lowest BCUT2D eigenvalue weighted by molar-refractivity contribution is 0.102. The number of pyridine rings is 1. The number of hydrogen-bond donors (Lipinski definition) is 1. The SMILES string of the molecule is O=C(Nc1cnc2ccccc2c1)c1ccc2c(c1)OCO2. The van der Waals surface area contributed by atoms with Crippen molar-refractivity contribution in [3.63, 3.8) is 0 Å². The fraction of sp³-hybridized carbons (Fsp3) is 0.0588. The molecule has 0 unspecified atom stereocenters. The van der Waals surface area contributed by atoms with E-state index in [1.165, 1.54) is 0 Å². The number of nitrogens with one attached hydrogen (secondary N) is 1. The first-order chi connectivity index (χ1) is 10.8. The second kappa shape index (κ2) is 5.04. The van der Waals surface area contributed by atoms with Crippen LogP contribution in [0.3, 0.4) is 0 Å². The second-order valence-electron chi connectivity index (χ2n) is 4.94. The predicted octanol–water partition coefficient (Wildman–Crippen LogP) is 3.22. The zero-order chi connectivity index (χ0) is 14.9. The van der Waals surface area contributed by atoms with Crippen LogP contribution in [0.2, 0.25) is 0 Å². The van der Waals surface area contributed by atoms with Gasteiger partial charge in [-0.25, -0.2) is 0 Å². The molecule has 5 nitrogen and oxygen atoms in total. The Labute approximate surface area is 126 Å². The van der Waals surface area contributed by atoms with Crippen LogP contribution in [0, 0.1) is 0 Å². The van der Waals surface area contributed by atoms with Gasteiger partial charge >= 0.3 is 0 Å². The minimum absolute atomic E-state index is 0.189. The molecule has 1 N–H and O–H groups in total. The molecule has 0 atom stereocenters. The van der Waals surface area contributed by atoms with E-state index in [0.717, 1.165) is 10.9 Å². The fourth-order valence-electron chi connectivity index (χ4n) is 2.38. The summed E-state index contributed by atoms with van der Waals surface area (Å²) in [6, 6.07) is 14.8. The van der Waals surface area contributed by atoms with E-state index < -0.39 is 0 Å². The molecule has 3 aromatic rings. The molecule has 1 amide bonds. The van der Waals surface area contributed by atoms with Crippen molar-refractivity contribution in [2.75, 3.05) is 12.1 Å². The molecule has 1 aliphatic heterocycles. The predicted molar refractivity (Wildman–Crippen MR) is 82.3 cm³/mol. The quantitative estimate of drug-likeness (QED) is 0.788. The average Bonchev–Trinajstić information content (AvgIpc) is 3.02. The number of benzene rings is 2. The number of amides is 1. The van der Waals surface area contributed by atoms with E-state index in [9.17, 15) is 4.79 Å². The fourth-order valence-corrected chi connectivity index (χ4v) is 2.38. The van der Waals surface area contributed by atoms with Gasteiger partial charge in [0.15, 0.2) is 11.5 Å². The van der Waals surface area contributed by atoms with Gasteiger partial charge in [-0.3, -0.25) is 9.78 Å². The normalized spacial score (nSPS) is 12.4. The third kappa shape index (κ3) is 2.22. The van der Waals surface area contributed by atoms with Gasteiger partial charge in [-0.15, -0.1) is 0 Å². The van der Waals surface area contributed by atoms with Crippen molar-refractivity contribution >= 4 is 22.5 Å². The Bertz CT molecular complexity index is 877. The maximum atomic E-state index is 12.3. The van der Waals surface area contributed by atoms with Crippen LogP contribution in [-0.4, -0.2) is 17.7 Å². The third-order valence-electron chi connectivity index (χ3n) is 3.48. The zero-order valence-corrected chi connectivity index (χ0v) is 11.6. The van der Waals surface area contributed by atoms with Crippen molar-refractivity contribution in [2.24, 2.45) is 0 Å². The van der Waals surface area contributed by atoms with Gasteiger partial charge < -0.3 is 14.8 Å². The number of ether oxygens (including phenoxy) is 2. The summed E-state index contributed by atoms with van der Waals surface area (Å²) >= 11 is 0. The molecule has 0 fully saturated rings. The molecule has 1 aliphatic rings. The first-order valence-corrected chi connectivity index (χ1v) is 6.85. The summed E-state index contributed by atoms with van der Waals surface area (Å²) < 4.78 is 10.5. The number of aromatic nitrogens is 1. The van der Waals surface area contributed by atoms with Crippen molar-refractivity contribution in [2.45, 2.75) is 0 Å². The van der Waals surface area contributed by atoms with Crippen LogP contribution in [-0.2, 0) is 0 Å². The van der Waals surface area contributed by atoms with Crippen molar-refractivity contribution in [1.29, 1.82) is 0 Å². The van der Waals surface area contributed by atoms with E-state index in [4.69, 9.17) is 9.47 Å². The summed E-state index contributed by atoms with van der Waals surface area (Å²) in [5.74, 6) is 1.03. The minimum Gasteiger partial charge on any atom is -0.454 e. The van der Waals surface area contributed by atoms with Gasteiger partial charge in [0, 0.05) is 10.9 Å². The van der Waals surface area contributed by atoms with Gasteiger partial charge in [0.2, 0.25) is 6.79 Å². The Morgan fingerprint density at radius 3 is 2.86 bits per heavy atom. The van der Waals surface area contributed by atoms with E-state index in [1.807, 2.05) is 30.3 Å². The highest BCUT2D eigenvalue weighted by molar-refractivity contribution is 6.05. The van der Waals surface area contributed by atoms with Gasteiger partial charge in [0.05, 0.1) is 17.4 Å². The molecule has 0 spiro atoms. The molecule has 1 aromatic heterocycles. The van der Waals surface area contributed by atoms with E-state index in [0.29, 0.717) is 22.7 Å². The number of nitrogens with zero attached hydrogens (tertiary/aromatic N) is 1. The molecule has 0 saturated heterocycles. The molecule has 22 heavy (non-hydrogen) atoms. The summed E-state index contributed by atoms with van der Waals surface area (Å²) in [5.41, 5.74) is 2.06. The zero-order valence-electron chi connectivity index (χ0n) is 11.6. The van der Waals surface area contributed by atoms with Crippen LogP contribution >= 0.6 is 0 Å². The molecule has 0 aliphatic carbocycles. The monoisotopic (exact) mass is 292 g/mol. The molecular formula is C17H12N2O3. The summed E-state index contributed by atoms with van der Waals surface area (Å²) in [7, 11) is 0. The standard InChI is InChI=1S/C17H12N2O3/c20-17(12-5-6-15-16(8-12)22-10-21-15)19-13-7-11-3-1-2-4-14(11)18-9-13/h1-9H,10H2,(H,19,20). The molecule has 0 bridgehead atoms. The lowest BCUT2D eigenvalue weighted by Gasteiger charge is -2.07. The van der Waals surface area contributed by atoms with E-state index >= 15 is 0 Å². The van der Waals surface area contributed by atoms with Gasteiger partial charge in [-0.2, -0.15) is 0 Å². The molecule has 2 heterocycles. The number of carbonyl (C=O) groups is 1. The summed E-state index contributed by atoms with van der Waals surface area (Å²) in [6.45, 7) is 0.189. The molecule has 108 valence electrons. The summed E-state index contributed by atoms with van der Waals surface area (Å²) in [4.78, 5) is 16.6. The van der Waals surface area contributed by atoms with Gasteiger partial charge in [0.25, 0.3) is 5.91 Å². The average molecular weight is 292 g/mol. The van der Waals surface area contributed by atoms with Crippen molar-refractivity contribution in [1.82, 2.24) is 4.98 Å². The lowest BCUT2D eigenvalue weighted by Crippen LogP contribution is -2.11. The molecular weight excluding hydrogens is 280 g/mol. The Hall–Kier alpha value is -3.08. The second-order valence-corrected chi connectivity index (χ2v) is 4.94. The van der Waals surface area contributed by atoms with Crippen molar-refractivity contribution < 1.29 is 14.3 Å². The molecule has 4 rings (SSSR count). The Morgan fingerprint density at radius 1 is 1.05 bits per heavy atom. The summed E-state index contributed by atoms with van der Waals surface area (Å²) in [5, 5.41) is 3.82. The van der Waals surface area contributed by atoms with Crippen LogP contribution in [0.4, 0.5) is 5.69 Å². The Kier molecular flexibility index (Phi) is 2.89. The highest BCUT2D eigenvalue weighted by atomic mass is 16.7. The number of anilines is 1. The summed E-state index contributed by atoms with van der Waals surface area (Å²) in [6.07, 6.45) is 1.65. The van der Waals surface area contributed by atoms with Crippen LogP contribution in [0.15, 0.2) is 54.7 Å². The number of para-hydroxylation sites is 1. The first-order valence-electron chi connectivity index (χ1n) is 6.85. The molecule has 0 saturated carbocycles. The number of fused-ring (bicyclic) bond motifs is 2. The van der Waals surface area contributed by atoms with E-state index in [1.54, 1.807) is 24.4 Å². The molecule has 0 radical (unpaired) electrons. The van der Waals surface area contributed by atoms with E-state index in [-0.39, 0.29) is 12.7 Å². The first kappa shape index (κ1) is 12.6. The topological polar surface area (TPSA) is 60.5 Å². The number of rotatable bonds is 2. The Morgan fingerprint density at radius 2 is 1.91 bits per heavy atom. The maximum Gasteiger partial charge on any atom is 0.255 e. The molecule has 2 aromatic carbocycles. The van der Waals surface area contributed by atoms with Crippen molar-refractivity contribution in [3.8, 4) is 11.5 Å². The highest BCUT2D eigenvalue weighted by Gasteiger charge is 2.16. The van der Waals surface area contributed by atoms with Gasteiger partial charge in [-0.05, 0) is 30.3 Å². The highest BCUT2D eigenvalue weighted by Crippen LogP contribution is 2.32. The Balaban J connectivity index is 1.60. The van der Waals surface area contributed by atoms with Crippen LogP contribution in [0.25, 0.3) is 10.9 Å². The maximum absolute atomic E-state index is 12.3. The van der Waals surface area contributed by atoms with Crippen LogP contribution in [0.1, 0.15) is 10.4 Å². The van der Waals surface area contributed by atoms with Crippen LogP contribution in [0.5, 0.6) is 11.5 Å². The number of hydrogen-bond acceptors (Lipinski definition) is 4. The van der Waals surface area contributed by atoms with E-state index in [2.05, 4.69) is 10.3 Å². The largest absolute Gasteiger partial charge is 0.454 e. The third-order valence-corrected chi connectivity index (χ3v) is 3.48. The molecule has 5 heteroatoms. The lowest BCUT2D eigenvalue weighted by atomic mass is 10.1. The number of carbonyl (C=O) groups excluding carboxylic acids is 1. The van der Waals surface area contributed by atoms with Gasteiger partial charge in [0.1, 0.15) is 0 Å². The minimum atomic E-state index is -0.213. The van der Waals surface area contributed by atoms with Gasteiger partial charge in [-0.1, -0.05) is 18.2 Å².